The van der Waals surface area contributed by atoms with Crippen LogP contribution in [0.2, 0.25) is 0 Å². The van der Waals surface area contributed by atoms with Gasteiger partial charge < -0.3 is 10.5 Å². The van der Waals surface area contributed by atoms with Gasteiger partial charge in [-0.1, -0.05) is 0 Å². The van der Waals surface area contributed by atoms with E-state index in [1.165, 1.54) is 18.3 Å². The molecule has 0 aliphatic rings. The van der Waals surface area contributed by atoms with Gasteiger partial charge >= 0.3 is 5.97 Å². The van der Waals surface area contributed by atoms with Gasteiger partial charge in [0.25, 0.3) is 0 Å². The number of rotatable bonds is 2. The average Bonchev–Trinajstić information content (AvgIpc) is 2.26. The maximum atomic E-state index is 10.5. The van der Waals surface area contributed by atoms with Crippen LogP contribution in [0.1, 0.15) is 17.5 Å². The fraction of sp³-hybridized carbons (Fsp3) is 0.429. The SMILES string of the molecule is CC(=O)OCc1nc(N)sc1C. The van der Waals surface area contributed by atoms with Crippen molar-refractivity contribution in [2.75, 3.05) is 5.73 Å². The van der Waals surface area contributed by atoms with Gasteiger partial charge in [-0.25, -0.2) is 4.98 Å². The molecule has 1 heterocycles. The number of nitrogens with zero attached hydrogens (tertiary/aromatic N) is 1. The number of carbonyl (C=O) groups excluding carboxylic acids is 1. The molecule has 0 aliphatic heterocycles. The summed E-state index contributed by atoms with van der Waals surface area (Å²) in [4.78, 5) is 15.5. The quantitative estimate of drug-likeness (QED) is 0.702. The van der Waals surface area contributed by atoms with E-state index in [-0.39, 0.29) is 12.6 Å². The normalized spacial score (nSPS) is 9.83. The molecule has 4 nitrogen and oxygen atoms in total. The van der Waals surface area contributed by atoms with Crippen molar-refractivity contribution in [2.24, 2.45) is 0 Å². The Morgan fingerprint density at radius 3 is 2.83 bits per heavy atom. The molecule has 0 amide bonds. The number of aromatic nitrogens is 1. The van der Waals surface area contributed by atoms with Gasteiger partial charge in [0.05, 0.1) is 5.69 Å². The zero-order valence-corrected chi connectivity index (χ0v) is 7.77. The molecule has 5 heteroatoms. The first-order valence-electron chi connectivity index (χ1n) is 3.44. The zero-order valence-electron chi connectivity index (χ0n) is 6.96. The third-order valence-corrected chi connectivity index (χ3v) is 2.16. The Hall–Kier alpha value is -1.10. The number of nitrogens with two attached hydrogens (primary N) is 1. The highest BCUT2D eigenvalue weighted by molar-refractivity contribution is 7.15. The molecule has 0 aliphatic carbocycles. The van der Waals surface area contributed by atoms with Crippen molar-refractivity contribution >= 4 is 22.4 Å². The summed E-state index contributed by atoms with van der Waals surface area (Å²) >= 11 is 1.40. The third-order valence-electron chi connectivity index (χ3n) is 1.32. The molecule has 0 unspecified atom stereocenters. The standard InChI is InChI=1S/C7H10N2O2S/c1-4-6(3-11-5(2)10)9-7(8)12-4/h3H2,1-2H3,(H2,8,9). The summed E-state index contributed by atoms with van der Waals surface area (Å²) in [6.07, 6.45) is 0. The van der Waals surface area contributed by atoms with E-state index in [1.54, 1.807) is 0 Å². The summed E-state index contributed by atoms with van der Waals surface area (Å²) in [6, 6.07) is 0. The molecule has 0 fully saturated rings. The van der Waals surface area contributed by atoms with Crippen molar-refractivity contribution in [3.8, 4) is 0 Å². The lowest BCUT2D eigenvalue weighted by molar-refractivity contribution is -0.142. The Balaban J connectivity index is 2.62. The lowest BCUT2D eigenvalue weighted by atomic mass is 10.4. The minimum Gasteiger partial charge on any atom is -0.459 e. The number of esters is 1. The number of anilines is 1. The molecular formula is C7H10N2O2S. The molecule has 1 rings (SSSR count). The Labute approximate surface area is 74.4 Å². The summed E-state index contributed by atoms with van der Waals surface area (Å²) in [5.74, 6) is -0.305. The Morgan fingerprint density at radius 1 is 1.75 bits per heavy atom. The second-order valence-electron chi connectivity index (χ2n) is 2.34. The molecule has 1 aromatic heterocycles. The second kappa shape index (κ2) is 3.53. The molecular weight excluding hydrogens is 176 g/mol. The highest BCUT2D eigenvalue weighted by Gasteiger charge is 2.05. The van der Waals surface area contributed by atoms with Crippen LogP contribution in [0.3, 0.4) is 0 Å². The minimum absolute atomic E-state index is 0.217. The third kappa shape index (κ3) is 2.20. The average molecular weight is 186 g/mol. The van der Waals surface area contributed by atoms with Crippen molar-refractivity contribution < 1.29 is 9.53 Å². The Kier molecular flexibility index (Phi) is 2.65. The predicted octanol–water partition coefficient (Wildman–Crippen LogP) is 1.10. The van der Waals surface area contributed by atoms with Crippen molar-refractivity contribution in [1.29, 1.82) is 0 Å². The van der Waals surface area contributed by atoms with E-state index in [9.17, 15) is 4.79 Å². The molecule has 0 bridgehead atoms. The number of aryl methyl sites for hydroxylation is 1. The van der Waals surface area contributed by atoms with Gasteiger partial charge in [-0.2, -0.15) is 0 Å². The second-order valence-corrected chi connectivity index (χ2v) is 3.57. The van der Waals surface area contributed by atoms with Crippen LogP contribution in [0.4, 0.5) is 5.13 Å². The van der Waals surface area contributed by atoms with Gasteiger partial charge in [0, 0.05) is 11.8 Å². The first-order chi connectivity index (χ1) is 5.59. The number of nitrogen functional groups attached to an aromatic ring is 1. The first kappa shape index (κ1) is 8.99. The van der Waals surface area contributed by atoms with Crippen molar-refractivity contribution in [3.63, 3.8) is 0 Å². The highest BCUT2D eigenvalue weighted by atomic mass is 32.1. The van der Waals surface area contributed by atoms with Gasteiger partial charge in [-0.05, 0) is 6.92 Å². The molecule has 0 atom stereocenters. The highest BCUT2D eigenvalue weighted by Crippen LogP contribution is 2.19. The van der Waals surface area contributed by atoms with E-state index < -0.39 is 0 Å². The van der Waals surface area contributed by atoms with Crippen LogP contribution in [0.15, 0.2) is 0 Å². The number of hydrogen-bond acceptors (Lipinski definition) is 5. The zero-order chi connectivity index (χ0) is 9.14. The van der Waals surface area contributed by atoms with Crippen LogP contribution in [-0.4, -0.2) is 11.0 Å². The van der Waals surface area contributed by atoms with Gasteiger partial charge in [0.1, 0.15) is 6.61 Å². The van der Waals surface area contributed by atoms with Gasteiger partial charge in [-0.3, -0.25) is 4.79 Å². The van der Waals surface area contributed by atoms with Crippen molar-refractivity contribution in [3.05, 3.63) is 10.6 Å². The molecule has 0 aromatic carbocycles. The van der Waals surface area contributed by atoms with E-state index in [1.807, 2.05) is 6.92 Å². The van der Waals surface area contributed by atoms with E-state index in [0.29, 0.717) is 5.13 Å². The fourth-order valence-corrected chi connectivity index (χ4v) is 1.45. The number of carbonyl (C=O) groups is 1. The molecule has 0 radical (unpaired) electrons. The minimum atomic E-state index is -0.305. The van der Waals surface area contributed by atoms with Crippen LogP contribution in [0, 0.1) is 6.92 Å². The molecule has 1 aromatic rings. The van der Waals surface area contributed by atoms with Crippen LogP contribution in [0.5, 0.6) is 0 Å². The van der Waals surface area contributed by atoms with Crippen LogP contribution < -0.4 is 5.73 Å². The van der Waals surface area contributed by atoms with Crippen LogP contribution in [0.25, 0.3) is 0 Å². The smallest absolute Gasteiger partial charge is 0.303 e. The first-order valence-corrected chi connectivity index (χ1v) is 4.26. The Bertz CT molecular complexity index is 296. The van der Waals surface area contributed by atoms with Gasteiger partial charge in [0.15, 0.2) is 5.13 Å². The summed E-state index contributed by atoms with van der Waals surface area (Å²) in [6.45, 7) is 3.48. The number of hydrogen-bond donors (Lipinski definition) is 1. The predicted molar refractivity (Wildman–Crippen MR) is 46.7 cm³/mol. The largest absolute Gasteiger partial charge is 0.459 e. The fourth-order valence-electron chi connectivity index (χ4n) is 0.754. The maximum Gasteiger partial charge on any atom is 0.303 e. The lowest BCUT2D eigenvalue weighted by Gasteiger charge is -1.97. The molecule has 2 N–H and O–H groups in total. The van der Waals surface area contributed by atoms with Gasteiger partial charge in [-0.15, -0.1) is 11.3 Å². The van der Waals surface area contributed by atoms with Gasteiger partial charge in [0.2, 0.25) is 0 Å². The molecule has 12 heavy (non-hydrogen) atoms. The van der Waals surface area contributed by atoms with Crippen molar-refractivity contribution in [1.82, 2.24) is 4.98 Å². The summed E-state index contributed by atoms with van der Waals surface area (Å²) in [7, 11) is 0. The summed E-state index contributed by atoms with van der Waals surface area (Å²) in [5.41, 5.74) is 6.20. The van der Waals surface area contributed by atoms with E-state index in [2.05, 4.69) is 4.98 Å². The molecule has 0 saturated heterocycles. The lowest BCUT2D eigenvalue weighted by Crippen LogP contribution is -2.00. The van der Waals surface area contributed by atoms with E-state index in [0.717, 1.165) is 10.6 Å². The van der Waals surface area contributed by atoms with E-state index in [4.69, 9.17) is 10.5 Å². The maximum absolute atomic E-state index is 10.5. The summed E-state index contributed by atoms with van der Waals surface area (Å²) < 4.78 is 4.77. The number of ether oxygens (including phenoxy) is 1. The molecule has 66 valence electrons. The Morgan fingerprint density at radius 2 is 2.42 bits per heavy atom. The number of thiazole rings is 1. The van der Waals surface area contributed by atoms with Crippen LogP contribution >= 0.6 is 11.3 Å². The molecule has 0 saturated carbocycles. The van der Waals surface area contributed by atoms with Crippen molar-refractivity contribution in [2.45, 2.75) is 20.5 Å². The summed E-state index contributed by atoms with van der Waals surface area (Å²) in [5, 5.41) is 0.509. The van der Waals surface area contributed by atoms with Crippen LogP contribution in [-0.2, 0) is 16.1 Å². The topological polar surface area (TPSA) is 65.2 Å². The van der Waals surface area contributed by atoms with E-state index >= 15 is 0 Å². The molecule has 0 spiro atoms. The monoisotopic (exact) mass is 186 g/mol.